The van der Waals surface area contributed by atoms with Gasteiger partial charge in [-0.05, 0) is 31.1 Å². The zero-order valence-corrected chi connectivity index (χ0v) is 10.9. The molecule has 0 amide bonds. The van der Waals surface area contributed by atoms with Crippen LogP contribution < -0.4 is 0 Å². The van der Waals surface area contributed by atoms with Crippen LogP contribution in [0.15, 0.2) is 54.6 Å². The molecule has 0 atom stereocenters. The quantitative estimate of drug-likeness (QED) is 0.778. The number of carbonyl (C=O) groups is 1. The topological polar surface area (TPSA) is 20.3 Å². The van der Waals surface area contributed by atoms with E-state index in [9.17, 15) is 4.79 Å². The fraction of sp³-hybridized carbons (Fsp3) is 0.235. The molecule has 2 nitrogen and oxygen atoms in total. The van der Waals surface area contributed by atoms with E-state index in [4.69, 9.17) is 0 Å². The third kappa shape index (κ3) is 2.74. The maximum atomic E-state index is 12.4. The van der Waals surface area contributed by atoms with E-state index < -0.39 is 0 Å². The lowest BCUT2D eigenvalue weighted by molar-refractivity contribution is 0.103. The summed E-state index contributed by atoms with van der Waals surface area (Å²) in [7, 11) is 0. The van der Waals surface area contributed by atoms with Crippen LogP contribution in [0.1, 0.15) is 27.9 Å². The number of hydrogen-bond acceptors (Lipinski definition) is 2. The Bertz CT molecular complexity index is 573. The summed E-state index contributed by atoms with van der Waals surface area (Å²) in [6.07, 6.45) is 1.29. The highest BCUT2D eigenvalue weighted by Crippen LogP contribution is 2.15. The molecule has 0 aliphatic carbocycles. The van der Waals surface area contributed by atoms with Gasteiger partial charge in [0.15, 0.2) is 5.78 Å². The highest BCUT2D eigenvalue weighted by atomic mass is 16.1. The maximum absolute atomic E-state index is 12.4. The first-order valence-corrected chi connectivity index (χ1v) is 6.74. The van der Waals surface area contributed by atoms with E-state index in [0.29, 0.717) is 0 Å². The number of nitrogens with zero attached hydrogens (tertiary/aromatic N) is 1. The maximum Gasteiger partial charge on any atom is 0.193 e. The summed E-state index contributed by atoms with van der Waals surface area (Å²) in [5.74, 6) is 0.103. The molecule has 1 aliphatic heterocycles. The monoisotopic (exact) mass is 251 g/mol. The largest absolute Gasteiger partial charge is 0.299 e. The zero-order valence-electron chi connectivity index (χ0n) is 10.9. The Morgan fingerprint density at radius 1 is 0.947 bits per heavy atom. The molecule has 0 N–H and O–H groups in total. The van der Waals surface area contributed by atoms with Crippen molar-refractivity contribution in [3.63, 3.8) is 0 Å². The molecule has 0 unspecified atom stereocenters. The van der Waals surface area contributed by atoms with Crippen LogP contribution in [-0.4, -0.2) is 23.8 Å². The van der Waals surface area contributed by atoms with Crippen molar-refractivity contribution in [1.82, 2.24) is 4.90 Å². The molecule has 1 heterocycles. The van der Waals surface area contributed by atoms with Gasteiger partial charge in [-0.1, -0.05) is 48.5 Å². The Balaban J connectivity index is 1.80. The molecule has 0 radical (unpaired) electrons. The average Bonchev–Trinajstić information content (AvgIpc) is 2.43. The van der Waals surface area contributed by atoms with E-state index >= 15 is 0 Å². The van der Waals surface area contributed by atoms with Gasteiger partial charge in [0.05, 0.1) is 0 Å². The Morgan fingerprint density at radius 2 is 1.68 bits per heavy atom. The number of carbonyl (C=O) groups excluding carboxylic acids is 1. The van der Waals surface area contributed by atoms with Crippen molar-refractivity contribution < 1.29 is 4.79 Å². The molecule has 2 aromatic carbocycles. The van der Waals surface area contributed by atoms with Crippen LogP contribution in [0, 0.1) is 0 Å². The summed E-state index contributed by atoms with van der Waals surface area (Å²) in [4.78, 5) is 14.7. The van der Waals surface area contributed by atoms with E-state index in [1.165, 1.54) is 25.1 Å². The van der Waals surface area contributed by atoms with Crippen molar-refractivity contribution in [1.29, 1.82) is 0 Å². The summed E-state index contributed by atoms with van der Waals surface area (Å²) in [5, 5.41) is 0. The Hall–Kier alpha value is -1.93. The van der Waals surface area contributed by atoms with Gasteiger partial charge in [0.25, 0.3) is 0 Å². The fourth-order valence-corrected chi connectivity index (χ4v) is 2.37. The number of ketones is 1. The highest BCUT2D eigenvalue weighted by Gasteiger charge is 2.15. The van der Waals surface area contributed by atoms with Gasteiger partial charge in [-0.15, -0.1) is 0 Å². The lowest BCUT2D eigenvalue weighted by Crippen LogP contribution is -2.36. The van der Waals surface area contributed by atoms with Crippen molar-refractivity contribution in [2.24, 2.45) is 0 Å². The Kier molecular flexibility index (Phi) is 3.43. The molecule has 1 aliphatic rings. The molecule has 0 spiro atoms. The van der Waals surface area contributed by atoms with Crippen LogP contribution in [0.3, 0.4) is 0 Å². The van der Waals surface area contributed by atoms with E-state index in [0.717, 1.165) is 17.7 Å². The number of benzene rings is 2. The number of likely N-dealkylation sites (tertiary alicyclic amines) is 1. The van der Waals surface area contributed by atoms with Gasteiger partial charge in [-0.3, -0.25) is 9.69 Å². The summed E-state index contributed by atoms with van der Waals surface area (Å²) in [6, 6.07) is 17.5. The summed E-state index contributed by atoms with van der Waals surface area (Å²) >= 11 is 0. The van der Waals surface area contributed by atoms with E-state index in [1.54, 1.807) is 0 Å². The van der Waals surface area contributed by atoms with Crippen LogP contribution in [0.25, 0.3) is 0 Å². The lowest BCUT2D eigenvalue weighted by Gasteiger charge is -2.30. The van der Waals surface area contributed by atoms with Crippen molar-refractivity contribution in [3.8, 4) is 0 Å². The molecule has 0 bridgehead atoms. The van der Waals surface area contributed by atoms with Crippen LogP contribution in [-0.2, 0) is 6.54 Å². The number of rotatable bonds is 4. The Labute approximate surface area is 113 Å². The molecule has 1 fully saturated rings. The molecule has 0 saturated carbocycles. The van der Waals surface area contributed by atoms with Crippen molar-refractivity contribution >= 4 is 5.78 Å². The molecule has 96 valence electrons. The van der Waals surface area contributed by atoms with E-state index in [2.05, 4.69) is 11.0 Å². The van der Waals surface area contributed by atoms with Gasteiger partial charge >= 0.3 is 0 Å². The lowest BCUT2D eigenvalue weighted by atomic mass is 10.0. The zero-order chi connectivity index (χ0) is 13.1. The molecule has 19 heavy (non-hydrogen) atoms. The van der Waals surface area contributed by atoms with Crippen LogP contribution >= 0.6 is 0 Å². The van der Waals surface area contributed by atoms with Crippen LogP contribution in [0.5, 0.6) is 0 Å². The van der Waals surface area contributed by atoms with Gasteiger partial charge < -0.3 is 0 Å². The number of hydrogen-bond donors (Lipinski definition) is 0. The molecule has 0 aromatic heterocycles. The third-order valence-corrected chi connectivity index (χ3v) is 3.58. The van der Waals surface area contributed by atoms with Gasteiger partial charge in [-0.25, -0.2) is 0 Å². The Morgan fingerprint density at radius 3 is 2.37 bits per heavy atom. The fourth-order valence-electron chi connectivity index (χ4n) is 2.37. The molecular formula is C17H17NO. The third-order valence-electron chi connectivity index (χ3n) is 3.58. The second kappa shape index (κ2) is 5.37. The summed E-state index contributed by atoms with van der Waals surface area (Å²) < 4.78 is 0. The second-order valence-corrected chi connectivity index (χ2v) is 5.03. The SMILES string of the molecule is O=C(c1ccccc1)c1cccc(CN2CCC2)c1. The standard InChI is InChI=1S/C17H17NO/c19-17(15-7-2-1-3-8-15)16-9-4-6-14(12-16)13-18-10-5-11-18/h1-4,6-9,12H,5,10-11,13H2. The van der Waals surface area contributed by atoms with Gasteiger partial charge in [-0.2, -0.15) is 0 Å². The minimum absolute atomic E-state index is 0.103. The van der Waals surface area contributed by atoms with Gasteiger partial charge in [0.2, 0.25) is 0 Å². The average molecular weight is 251 g/mol. The minimum atomic E-state index is 0.103. The normalized spacial score (nSPS) is 14.9. The molecular weight excluding hydrogens is 234 g/mol. The van der Waals surface area contributed by atoms with Gasteiger partial charge in [0.1, 0.15) is 0 Å². The van der Waals surface area contributed by atoms with Crippen molar-refractivity contribution in [2.45, 2.75) is 13.0 Å². The van der Waals surface area contributed by atoms with Gasteiger partial charge in [0, 0.05) is 17.7 Å². The van der Waals surface area contributed by atoms with Crippen LogP contribution in [0.2, 0.25) is 0 Å². The predicted molar refractivity (Wildman–Crippen MR) is 76.2 cm³/mol. The summed E-state index contributed by atoms with van der Waals surface area (Å²) in [5.41, 5.74) is 2.76. The first kappa shape index (κ1) is 12.1. The first-order chi connectivity index (χ1) is 9.33. The molecule has 3 rings (SSSR count). The predicted octanol–water partition coefficient (Wildman–Crippen LogP) is 3.12. The minimum Gasteiger partial charge on any atom is -0.299 e. The second-order valence-electron chi connectivity index (χ2n) is 5.03. The highest BCUT2D eigenvalue weighted by molar-refractivity contribution is 6.09. The van der Waals surface area contributed by atoms with Crippen molar-refractivity contribution in [3.05, 3.63) is 71.3 Å². The first-order valence-electron chi connectivity index (χ1n) is 6.74. The van der Waals surface area contributed by atoms with Crippen molar-refractivity contribution in [2.75, 3.05) is 13.1 Å². The smallest absolute Gasteiger partial charge is 0.193 e. The molecule has 2 aromatic rings. The molecule has 2 heteroatoms. The van der Waals surface area contributed by atoms with E-state index in [-0.39, 0.29) is 5.78 Å². The summed E-state index contributed by atoms with van der Waals surface area (Å²) in [6.45, 7) is 3.31. The van der Waals surface area contributed by atoms with Crippen LogP contribution in [0.4, 0.5) is 0 Å². The molecule has 1 saturated heterocycles. The van der Waals surface area contributed by atoms with E-state index in [1.807, 2.05) is 48.5 Å².